The maximum Gasteiger partial charge on any atom is 0.292 e. The van der Waals surface area contributed by atoms with Gasteiger partial charge in [-0.3, -0.25) is 14.6 Å². The van der Waals surface area contributed by atoms with Gasteiger partial charge in [0.15, 0.2) is 5.75 Å². The lowest BCUT2D eigenvalue weighted by molar-refractivity contribution is -0.118. The number of halogens is 1. The summed E-state index contributed by atoms with van der Waals surface area (Å²) >= 11 is 6.19. The van der Waals surface area contributed by atoms with Crippen LogP contribution in [0.3, 0.4) is 0 Å². The van der Waals surface area contributed by atoms with E-state index in [0.29, 0.717) is 15.9 Å². The van der Waals surface area contributed by atoms with E-state index in [4.69, 9.17) is 16.3 Å². The smallest absolute Gasteiger partial charge is 0.292 e. The second-order valence-electron chi connectivity index (χ2n) is 5.87. The van der Waals surface area contributed by atoms with Gasteiger partial charge in [-0.15, -0.1) is 0 Å². The van der Waals surface area contributed by atoms with Crippen molar-refractivity contribution in [3.8, 4) is 5.75 Å². The van der Waals surface area contributed by atoms with Crippen LogP contribution >= 0.6 is 11.6 Å². The highest BCUT2D eigenvalue weighted by atomic mass is 35.5. The first kappa shape index (κ1) is 16.2. The fraction of sp³-hybridized carbons (Fsp3) is 0.312. The molecule has 0 unspecified atom stereocenters. The molecule has 22 heavy (non-hydrogen) atoms. The molecule has 1 N–H and O–H groups in total. The summed E-state index contributed by atoms with van der Waals surface area (Å²) < 4.78 is 5.29. The monoisotopic (exact) mass is 320 g/mol. The van der Waals surface area contributed by atoms with Gasteiger partial charge in [-0.1, -0.05) is 11.6 Å². The van der Waals surface area contributed by atoms with Crippen molar-refractivity contribution in [2.75, 3.05) is 7.11 Å². The third-order valence-corrected chi connectivity index (χ3v) is 3.25. The van der Waals surface area contributed by atoms with Crippen LogP contribution in [0.5, 0.6) is 5.75 Å². The molecule has 0 saturated heterocycles. The number of methoxy groups -OCH3 is 1. The molecule has 0 fully saturated rings. The molecule has 0 bridgehead atoms. The Morgan fingerprint density at radius 2 is 2.00 bits per heavy atom. The molecule has 1 aromatic heterocycles. The number of amides is 1. The number of hydrogen-bond donors (Lipinski definition) is 1. The zero-order valence-electron chi connectivity index (χ0n) is 12.9. The summed E-state index contributed by atoms with van der Waals surface area (Å²) in [6.07, 6.45) is 1.57. The topological polar surface area (TPSA) is 68.3 Å². The van der Waals surface area contributed by atoms with Gasteiger partial charge in [-0.2, -0.15) is 0 Å². The Balaban J connectivity index is 2.56. The second-order valence-corrected chi connectivity index (χ2v) is 6.28. The first-order chi connectivity index (χ1) is 10.2. The number of benzene rings is 1. The van der Waals surface area contributed by atoms with E-state index in [1.807, 2.05) is 0 Å². The Labute approximate surface area is 133 Å². The standard InChI is InChI=1S/C16H17ClN2O3/c1-16(2,3)19-15(21)13(20)10-8-11(17)9-6-5-7-18-12(9)14(10)22-4/h5-8H,1-4H3,(H,19,21). The van der Waals surface area contributed by atoms with Crippen molar-refractivity contribution < 1.29 is 14.3 Å². The minimum Gasteiger partial charge on any atom is -0.494 e. The molecule has 0 aliphatic heterocycles. The van der Waals surface area contributed by atoms with Crippen molar-refractivity contribution in [2.45, 2.75) is 26.3 Å². The van der Waals surface area contributed by atoms with Gasteiger partial charge in [-0.25, -0.2) is 0 Å². The summed E-state index contributed by atoms with van der Waals surface area (Å²) in [7, 11) is 1.43. The molecule has 0 aliphatic rings. The summed E-state index contributed by atoms with van der Waals surface area (Å²) in [6, 6.07) is 4.95. The van der Waals surface area contributed by atoms with Crippen molar-refractivity contribution in [1.29, 1.82) is 0 Å². The Morgan fingerprint density at radius 1 is 1.32 bits per heavy atom. The van der Waals surface area contributed by atoms with Gasteiger partial charge >= 0.3 is 0 Å². The van der Waals surface area contributed by atoms with Gasteiger partial charge in [0, 0.05) is 17.1 Å². The number of Topliss-reactive ketones (excluding diaryl/α,β-unsaturated/α-hetero) is 1. The van der Waals surface area contributed by atoms with Gasteiger partial charge in [0.2, 0.25) is 0 Å². The van der Waals surface area contributed by atoms with Crippen LogP contribution in [0.1, 0.15) is 31.1 Å². The first-order valence-corrected chi connectivity index (χ1v) is 7.10. The molecule has 6 heteroatoms. The number of hydrogen-bond acceptors (Lipinski definition) is 4. The lowest BCUT2D eigenvalue weighted by Gasteiger charge is -2.20. The van der Waals surface area contributed by atoms with Gasteiger partial charge in [0.1, 0.15) is 5.52 Å². The number of aromatic nitrogens is 1. The van der Waals surface area contributed by atoms with Crippen LogP contribution in [0.25, 0.3) is 10.9 Å². The van der Waals surface area contributed by atoms with Gasteiger partial charge in [0.25, 0.3) is 11.7 Å². The third kappa shape index (κ3) is 3.20. The zero-order chi connectivity index (χ0) is 16.5. The zero-order valence-corrected chi connectivity index (χ0v) is 13.6. The second kappa shape index (κ2) is 5.93. The van der Waals surface area contributed by atoms with Crippen LogP contribution in [0.15, 0.2) is 24.4 Å². The third-order valence-electron chi connectivity index (χ3n) is 2.94. The predicted molar refractivity (Wildman–Crippen MR) is 85.5 cm³/mol. The number of rotatable bonds is 3. The number of nitrogens with zero attached hydrogens (tertiary/aromatic N) is 1. The molecular formula is C16H17ClN2O3. The minimum absolute atomic E-state index is 0.0976. The van der Waals surface area contributed by atoms with E-state index in [1.165, 1.54) is 13.2 Å². The van der Waals surface area contributed by atoms with E-state index in [0.717, 1.165) is 0 Å². The van der Waals surface area contributed by atoms with Gasteiger partial charge < -0.3 is 10.1 Å². The maximum atomic E-state index is 12.4. The molecule has 2 rings (SSSR count). The molecule has 1 aromatic carbocycles. The normalized spacial score (nSPS) is 11.3. The van der Waals surface area contributed by atoms with Crippen molar-refractivity contribution in [1.82, 2.24) is 10.3 Å². The molecule has 1 amide bonds. The highest BCUT2D eigenvalue weighted by Gasteiger charge is 2.26. The largest absolute Gasteiger partial charge is 0.494 e. The summed E-state index contributed by atoms with van der Waals surface area (Å²) in [5.74, 6) is -1.17. The quantitative estimate of drug-likeness (QED) is 0.697. The highest BCUT2D eigenvalue weighted by Crippen LogP contribution is 2.33. The summed E-state index contributed by atoms with van der Waals surface area (Å²) in [4.78, 5) is 28.7. The highest BCUT2D eigenvalue weighted by molar-refractivity contribution is 6.45. The fourth-order valence-electron chi connectivity index (χ4n) is 2.07. The maximum absolute atomic E-state index is 12.4. The van der Waals surface area contributed by atoms with Crippen LogP contribution < -0.4 is 10.1 Å². The van der Waals surface area contributed by atoms with Gasteiger partial charge in [0.05, 0.1) is 17.7 Å². The SMILES string of the molecule is COc1c(C(=O)C(=O)NC(C)(C)C)cc(Cl)c2cccnc12. The van der Waals surface area contributed by atoms with Crippen LogP contribution in [-0.2, 0) is 4.79 Å². The molecule has 1 heterocycles. The number of nitrogens with one attached hydrogen (secondary N) is 1. The van der Waals surface area contributed by atoms with Crippen LogP contribution in [-0.4, -0.2) is 29.3 Å². The Morgan fingerprint density at radius 3 is 2.59 bits per heavy atom. The lowest BCUT2D eigenvalue weighted by atomic mass is 10.0. The van der Waals surface area contributed by atoms with Gasteiger partial charge in [-0.05, 0) is 39.0 Å². The van der Waals surface area contributed by atoms with E-state index in [2.05, 4.69) is 10.3 Å². The summed E-state index contributed by atoms with van der Waals surface area (Å²) in [6.45, 7) is 5.39. The predicted octanol–water partition coefficient (Wildman–Crippen LogP) is 2.99. The number of fused-ring (bicyclic) bond motifs is 1. The summed E-state index contributed by atoms with van der Waals surface area (Å²) in [5, 5.41) is 3.63. The van der Waals surface area contributed by atoms with Crippen molar-refractivity contribution in [3.63, 3.8) is 0 Å². The first-order valence-electron chi connectivity index (χ1n) is 6.72. The Kier molecular flexibility index (Phi) is 4.37. The molecule has 5 nitrogen and oxygen atoms in total. The average Bonchev–Trinajstić information content (AvgIpc) is 2.44. The summed E-state index contributed by atoms with van der Waals surface area (Å²) in [5.41, 5.74) is 0.0312. The molecule has 0 aliphatic carbocycles. The molecule has 0 radical (unpaired) electrons. The number of carbonyl (C=O) groups excluding carboxylic acids is 2. The molecule has 116 valence electrons. The number of pyridine rings is 1. The van der Waals surface area contributed by atoms with Crippen molar-refractivity contribution in [2.24, 2.45) is 0 Å². The lowest BCUT2D eigenvalue weighted by Crippen LogP contribution is -2.44. The average molecular weight is 321 g/mol. The fourth-order valence-corrected chi connectivity index (χ4v) is 2.33. The molecule has 0 spiro atoms. The molecule has 2 aromatic rings. The van der Waals surface area contributed by atoms with Crippen LogP contribution in [0.4, 0.5) is 0 Å². The Hall–Kier alpha value is -2.14. The van der Waals surface area contributed by atoms with E-state index in [9.17, 15) is 9.59 Å². The van der Waals surface area contributed by atoms with E-state index < -0.39 is 17.2 Å². The van der Waals surface area contributed by atoms with Crippen LogP contribution in [0.2, 0.25) is 5.02 Å². The molecule has 0 atom stereocenters. The molecule has 0 saturated carbocycles. The molecular weight excluding hydrogens is 304 g/mol. The van der Waals surface area contributed by atoms with E-state index in [-0.39, 0.29) is 11.3 Å². The Bertz CT molecular complexity index is 751. The number of ketones is 1. The van der Waals surface area contributed by atoms with Crippen molar-refractivity contribution >= 4 is 34.2 Å². The van der Waals surface area contributed by atoms with E-state index >= 15 is 0 Å². The number of ether oxygens (including phenoxy) is 1. The van der Waals surface area contributed by atoms with E-state index in [1.54, 1.807) is 39.1 Å². The van der Waals surface area contributed by atoms with Crippen LogP contribution in [0, 0.1) is 0 Å². The number of carbonyl (C=O) groups is 2. The van der Waals surface area contributed by atoms with Crippen molar-refractivity contribution in [3.05, 3.63) is 35.0 Å². The minimum atomic E-state index is -0.711.